The number of benzene rings is 1. The van der Waals surface area contributed by atoms with Crippen molar-refractivity contribution in [2.75, 3.05) is 6.26 Å². The van der Waals surface area contributed by atoms with E-state index in [0.717, 1.165) is 17.5 Å². The van der Waals surface area contributed by atoms with Gasteiger partial charge >= 0.3 is 5.97 Å². The molecule has 1 aliphatic carbocycles. The minimum atomic E-state index is -1.28. The number of thioether (sulfide) groups is 1. The summed E-state index contributed by atoms with van der Waals surface area (Å²) >= 11 is 1.66. The van der Waals surface area contributed by atoms with Gasteiger partial charge in [0.15, 0.2) is 5.60 Å². The molecule has 1 aromatic carbocycles. The standard InChI is InChI=1S/C15H20O4S/c1-15(2,14(17)18)19-12-6-4-5-9-7-13(20-3)11(16)8-10(9)12/h4-6,11,13,16H,7-8H2,1-3H3,(H,17,18). The fourth-order valence-corrected chi connectivity index (χ4v) is 3.14. The maximum Gasteiger partial charge on any atom is 0.347 e. The number of ether oxygens (including phenoxy) is 1. The molecule has 2 N–H and O–H groups in total. The highest BCUT2D eigenvalue weighted by Crippen LogP contribution is 2.35. The van der Waals surface area contributed by atoms with Gasteiger partial charge in [-0.3, -0.25) is 0 Å². The Kier molecular flexibility index (Phi) is 4.30. The lowest BCUT2D eigenvalue weighted by Crippen LogP contribution is -2.39. The first-order valence-corrected chi connectivity index (χ1v) is 7.88. The highest BCUT2D eigenvalue weighted by Gasteiger charge is 2.33. The average Bonchev–Trinajstić information content (AvgIpc) is 2.38. The number of aliphatic carboxylic acids is 1. The van der Waals surface area contributed by atoms with Crippen molar-refractivity contribution in [1.29, 1.82) is 0 Å². The molecular weight excluding hydrogens is 276 g/mol. The van der Waals surface area contributed by atoms with Crippen LogP contribution >= 0.6 is 11.8 Å². The Morgan fingerprint density at radius 3 is 2.70 bits per heavy atom. The van der Waals surface area contributed by atoms with Crippen molar-refractivity contribution in [2.24, 2.45) is 0 Å². The maximum absolute atomic E-state index is 11.2. The molecule has 0 saturated heterocycles. The summed E-state index contributed by atoms with van der Waals surface area (Å²) < 4.78 is 5.66. The Labute approximate surface area is 123 Å². The highest BCUT2D eigenvalue weighted by molar-refractivity contribution is 7.99. The molecule has 0 saturated carbocycles. The van der Waals surface area contributed by atoms with E-state index in [4.69, 9.17) is 9.84 Å². The SMILES string of the molecule is CSC1Cc2cccc(OC(C)(C)C(=O)O)c2CC1O. The summed E-state index contributed by atoms with van der Waals surface area (Å²) in [6, 6.07) is 5.67. The minimum Gasteiger partial charge on any atom is -0.478 e. The van der Waals surface area contributed by atoms with E-state index in [-0.39, 0.29) is 5.25 Å². The normalized spacial score (nSPS) is 22.2. The van der Waals surface area contributed by atoms with Gasteiger partial charge in [0.05, 0.1) is 6.10 Å². The molecule has 2 unspecified atom stereocenters. The van der Waals surface area contributed by atoms with Gasteiger partial charge in [-0.05, 0) is 38.2 Å². The van der Waals surface area contributed by atoms with E-state index in [1.807, 2.05) is 18.4 Å². The Hall–Kier alpha value is -1.20. The van der Waals surface area contributed by atoms with Gasteiger partial charge in [0.2, 0.25) is 0 Å². The number of carboxylic acid groups (broad SMARTS) is 1. The van der Waals surface area contributed by atoms with Crippen LogP contribution in [0.5, 0.6) is 5.75 Å². The Bertz CT molecular complexity index is 513. The van der Waals surface area contributed by atoms with Crippen molar-refractivity contribution < 1.29 is 19.7 Å². The number of fused-ring (bicyclic) bond motifs is 1. The molecule has 0 heterocycles. The molecule has 5 heteroatoms. The number of carboxylic acids is 1. The zero-order chi connectivity index (χ0) is 14.9. The minimum absolute atomic E-state index is 0.185. The molecule has 0 radical (unpaired) electrons. The van der Waals surface area contributed by atoms with Gasteiger partial charge in [0.1, 0.15) is 5.75 Å². The summed E-state index contributed by atoms with van der Waals surface area (Å²) in [4.78, 5) is 11.2. The quantitative estimate of drug-likeness (QED) is 0.891. The second kappa shape index (κ2) is 5.66. The lowest BCUT2D eigenvalue weighted by atomic mass is 9.88. The smallest absolute Gasteiger partial charge is 0.347 e. The first-order valence-electron chi connectivity index (χ1n) is 6.59. The first-order chi connectivity index (χ1) is 9.35. The van der Waals surface area contributed by atoms with Crippen molar-refractivity contribution >= 4 is 17.7 Å². The van der Waals surface area contributed by atoms with E-state index in [9.17, 15) is 9.90 Å². The van der Waals surface area contributed by atoms with E-state index >= 15 is 0 Å². The van der Waals surface area contributed by atoms with E-state index in [2.05, 4.69) is 0 Å². The van der Waals surface area contributed by atoms with Crippen molar-refractivity contribution in [1.82, 2.24) is 0 Å². The van der Waals surface area contributed by atoms with Crippen LogP contribution in [0.25, 0.3) is 0 Å². The van der Waals surface area contributed by atoms with Crippen LogP contribution in [0, 0.1) is 0 Å². The second-order valence-electron chi connectivity index (χ2n) is 5.56. The fraction of sp³-hybridized carbons (Fsp3) is 0.533. The third kappa shape index (κ3) is 2.94. The molecule has 4 nitrogen and oxygen atoms in total. The number of aliphatic hydroxyl groups excluding tert-OH is 1. The van der Waals surface area contributed by atoms with Gasteiger partial charge in [-0.25, -0.2) is 4.79 Å². The maximum atomic E-state index is 11.2. The summed E-state index contributed by atoms with van der Waals surface area (Å²) in [7, 11) is 0. The van der Waals surface area contributed by atoms with Crippen LogP contribution in [0.15, 0.2) is 18.2 Å². The molecule has 20 heavy (non-hydrogen) atoms. The molecule has 2 rings (SSSR count). The van der Waals surface area contributed by atoms with Crippen LogP contribution in [0.2, 0.25) is 0 Å². The topological polar surface area (TPSA) is 66.8 Å². The summed E-state index contributed by atoms with van der Waals surface area (Å²) in [5, 5.41) is 19.5. The number of hydrogen-bond acceptors (Lipinski definition) is 4. The van der Waals surface area contributed by atoms with Gasteiger partial charge in [-0.15, -0.1) is 0 Å². The molecule has 0 aromatic heterocycles. The first kappa shape index (κ1) is 15.2. The number of carbonyl (C=O) groups is 1. The third-order valence-corrected chi connectivity index (χ3v) is 4.76. The van der Waals surface area contributed by atoms with Crippen molar-refractivity contribution in [3.63, 3.8) is 0 Å². The van der Waals surface area contributed by atoms with Crippen LogP contribution in [0.4, 0.5) is 0 Å². The van der Waals surface area contributed by atoms with E-state index in [1.54, 1.807) is 17.8 Å². The lowest BCUT2D eigenvalue weighted by molar-refractivity contribution is -0.152. The molecule has 0 bridgehead atoms. The van der Waals surface area contributed by atoms with Crippen molar-refractivity contribution in [2.45, 2.75) is 43.6 Å². The van der Waals surface area contributed by atoms with Gasteiger partial charge in [0.25, 0.3) is 0 Å². The molecule has 0 spiro atoms. The van der Waals surface area contributed by atoms with Crippen molar-refractivity contribution in [3.05, 3.63) is 29.3 Å². The average molecular weight is 296 g/mol. The molecule has 0 aliphatic heterocycles. The molecule has 110 valence electrons. The van der Waals surface area contributed by atoms with Gasteiger partial charge in [-0.2, -0.15) is 11.8 Å². The van der Waals surface area contributed by atoms with Crippen LogP contribution in [-0.4, -0.2) is 39.4 Å². The van der Waals surface area contributed by atoms with Crippen molar-refractivity contribution in [3.8, 4) is 5.75 Å². The zero-order valence-electron chi connectivity index (χ0n) is 11.9. The summed E-state index contributed by atoms with van der Waals surface area (Å²) in [6.45, 7) is 3.05. The Balaban J connectivity index is 2.32. The number of rotatable bonds is 4. The monoisotopic (exact) mass is 296 g/mol. The second-order valence-corrected chi connectivity index (χ2v) is 6.64. The van der Waals surface area contributed by atoms with Gasteiger partial charge in [0, 0.05) is 17.2 Å². The lowest BCUT2D eigenvalue weighted by Gasteiger charge is -2.31. The third-order valence-electron chi connectivity index (χ3n) is 3.68. The van der Waals surface area contributed by atoms with E-state index < -0.39 is 17.7 Å². The number of aliphatic hydroxyl groups is 1. The predicted molar refractivity (Wildman–Crippen MR) is 79.5 cm³/mol. The van der Waals surface area contributed by atoms with E-state index in [1.165, 1.54) is 13.8 Å². The zero-order valence-corrected chi connectivity index (χ0v) is 12.7. The van der Waals surface area contributed by atoms with Crippen LogP contribution in [0.3, 0.4) is 0 Å². The molecule has 0 amide bonds. The van der Waals surface area contributed by atoms with Gasteiger partial charge < -0.3 is 14.9 Å². The molecule has 1 aliphatic rings. The molecule has 1 aromatic rings. The van der Waals surface area contributed by atoms with Gasteiger partial charge in [-0.1, -0.05) is 12.1 Å². The highest BCUT2D eigenvalue weighted by atomic mass is 32.2. The Morgan fingerprint density at radius 2 is 2.10 bits per heavy atom. The molecule has 2 atom stereocenters. The van der Waals surface area contributed by atoms with E-state index in [0.29, 0.717) is 12.2 Å². The Morgan fingerprint density at radius 1 is 1.40 bits per heavy atom. The summed E-state index contributed by atoms with van der Waals surface area (Å²) in [5.41, 5.74) is 0.782. The van der Waals surface area contributed by atoms with Crippen LogP contribution < -0.4 is 4.74 Å². The molecule has 0 fully saturated rings. The summed E-state index contributed by atoms with van der Waals surface area (Å²) in [5.74, 6) is -0.443. The summed E-state index contributed by atoms with van der Waals surface area (Å²) in [6.07, 6.45) is 2.86. The fourth-order valence-electron chi connectivity index (χ4n) is 2.38. The largest absolute Gasteiger partial charge is 0.478 e. The van der Waals surface area contributed by atoms with Crippen LogP contribution in [0.1, 0.15) is 25.0 Å². The van der Waals surface area contributed by atoms with Crippen LogP contribution in [-0.2, 0) is 17.6 Å². The number of hydrogen-bond donors (Lipinski definition) is 2. The molecular formula is C15H20O4S. The predicted octanol–water partition coefficient (Wildman–Crippen LogP) is 2.12.